The molecule has 1 aromatic heterocycles. The summed E-state index contributed by atoms with van der Waals surface area (Å²) in [6, 6.07) is 8.95. The highest BCUT2D eigenvalue weighted by atomic mass is 35.5. The van der Waals surface area contributed by atoms with E-state index in [1.807, 2.05) is 18.4 Å². The van der Waals surface area contributed by atoms with E-state index < -0.39 is 0 Å². The molecule has 1 aliphatic rings. The lowest BCUT2D eigenvalue weighted by atomic mass is 10.1. The highest BCUT2D eigenvalue weighted by molar-refractivity contribution is 7.10. The summed E-state index contributed by atoms with van der Waals surface area (Å²) in [6.07, 6.45) is 1.14. The molecule has 0 saturated heterocycles. The van der Waals surface area contributed by atoms with Gasteiger partial charge in [-0.05, 0) is 55.1 Å². The van der Waals surface area contributed by atoms with Crippen LogP contribution in [0.3, 0.4) is 0 Å². The van der Waals surface area contributed by atoms with E-state index in [1.165, 1.54) is 16.1 Å². The van der Waals surface area contributed by atoms with Crippen molar-refractivity contribution in [3.63, 3.8) is 0 Å². The predicted octanol–water partition coefficient (Wildman–Crippen LogP) is 4.24. The van der Waals surface area contributed by atoms with Crippen molar-refractivity contribution in [1.82, 2.24) is 5.32 Å². The smallest absolute Gasteiger partial charge is 0.0474 e. The summed E-state index contributed by atoms with van der Waals surface area (Å²) in [4.78, 5) is 3.95. The first-order chi connectivity index (χ1) is 9.69. The van der Waals surface area contributed by atoms with Crippen molar-refractivity contribution in [3.8, 4) is 0 Å². The van der Waals surface area contributed by atoms with Gasteiger partial charge in [0.15, 0.2) is 0 Å². The third kappa shape index (κ3) is 2.58. The van der Waals surface area contributed by atoms with Gasteiger partial charge in [0.1, 0.15) is 0 Å². The highest BCUT2D eigenvalue weighted by Gasteiger charge is 2.18. The van der Waals surface area contributed by atoms with Crippen LogP contribution in [-0.4, -0.2) is 13.6 Å². The summed E-state index contributed by atoms with van der Waals surface area (Å²) in [6.45, 7) is 4.19. The van der Waals surface area contributed by atoms with E-state index in [9.17, 15) is 0 Å². The molecule has 0 fully saturated rings. The Labute approximate surface area is 129 Å². The molecule has 0 amide bonds. The van der Waals surface area contributed by atoms with Gasteiger partial charge < -0.3 is 10.2 Å². The molecular weight excluding hydrogens is 288 g/mol. The van der Waals surface area contributed by atoms with Gasteiger partial charge in [-0.3, -0.25) is 0 Å². The first-order valence-electron chi connectivity index (χ1n) is 6.96. The van der Waals surface area contributed by atoms with Crippen LogP contribution < -0.4 is 10.2 Å². The Balaban J connectivity index is 1.84. The zero-order valence-corrected chi connectivity index (χ0v) is 13.4. The van der Waals surface area contributed by atoms with Gasteiger partial charge in [-0.15, -0.1) is 11.3 Å². The molecule has 1 N–H and O–H groups in total. The third-order valence-corrected chi connectivity index (χ3v) is 5.41. The van der Waals surface area contributed by atoms with Crippen molar-refractivity contribution >= 4 is 28.6 Å². The molecule has 106 valence electrons. The SMILES string of the molecule is CNC(C)c1ccc(N2CCc3sccc3C2)cc1Cl. The van der Waals surface area contributed by atoms with Crippen LogP contribution in [0.25, 0.3) is 0 Å². The predicted molar refractivity (Wildman–Crippen MR) is 88.0 cm³/mol. The number of thiophene rings is 1. The van der Waals surface area contributed by atoms with Crippen molar-refractivity contribution in [2.45, 2.75) is 25.9 Å². The largest absolute Gasteiger partial charge is 0.367 e. The number of anilines is 1. The number of nitrogens with zero attached hydrogens (tertiary/aromatic N) is 1. The number of hydrogen-bond donors (Lipinski definition) is 1. The van der Waals surface area contributed by atoms with E-state index >= 15 is 0 Å². The van der Waals surface area contributed by atoms with E-state index in [-0.39, 0.29) is 6.04 Å². The third-order valence-electron chi connectivity index (χ3n) is 4.06. The van der Waals surface area contributed by atoms with Gasteiger partial charge in [0.05, 0.1) is 0 Å². The van der Waals surface area contributed by atoms with E-state index in [0.717, 1.165) is 30.1 Å². The standard InChI is InChI=1S/C16H19ClN2S/c1-11(18-2)14-4-3-13(9-15(14)17)19-7-5-16-12(10-19)6-8-20-16/h3-4,6,8-9,11,18H,5,7,10H2,1-2H3. The van der Waals surface area contributed by atoms with Crippen LogP contribution in [0, 0.1) is 0 Å². The lowest BCUT2D eigenvalue weighted by Crippen LogP contribution is -2.29. The second-order valence-corrected chi connectivity index (χ2v) is 6.66. The Morgan fingerprint density at radius 1 is 1.35 bits per heavy atom. The van der Waals surface area contributed by atoms with Crippen LogP contribution >= 0.6 is 22.9 Å². The Hall–Kier alpha value is -1.03. The summed E-state index contributed by atoms with van der Waals surface area (Å²) in [5.74, 6) is 0. The van der Waals surface area contributed by atoms with Gasteiger partial charge in [0, 0.05) is 34.7 Å². The van der Waals surface area contributed by atoms with Crippen molar-refractivity contribution in [1.29, 1.82) is 0 Å². The lowest BCUT2D eigenvalue weighted by Gasteiger charge is -2.29. The number of halogens is 1. The molecule has 0 spiro atoms. The van der Waals surface area contributed by atoms with E-state index in [0.29, 0.717) is 0 Å². The minimum Gasteiger partial charge on any atom is -0.367 e. The fraction of sp³-hybridized carbons (Fsp3) is 0.375. The highest BCUT2D eigenvalue weighted by Crippen LogP contribution is 2.31. The molecule has 2 aromatic rings. The first kappa shape index (κ1) is 13.9. The summed E-state index contributed by atoms with van der Waals surface area (Å²) in [5, 5.41) is 6.27. The maximum Gasteiger partial charge on any atom is 0.0474 e. The second-order valence-electron chi connectivity index (χ2n) is 5.26. The second kappa shape index (κ2) is 5.76. The quantitative estimate of drug-likeness (QED) is 0.912. The number of rotatable bonds is 3. The maximum absolute atomic E-state index is 6.44. The summed E-state index contributed by atoms with van der Waals surface area (Å²) in [7, 11) is 1.96. The molecule has 0 aliphatic carbocycles. The number of nitrogens with one attached hydrogen (secondary N) is 1. The molecule has 1 atom stereocenters. The normalized spacial score (nSPS) is 16.1. The molecule has 2 heterocycles. The van der Waals surface area contributed by atoms with Gasteiger partial charge in [0.2, 0.25) is 0 Å². The maximum atomic E-state index is 6.44. The Morgan fingerprint density at radius 3 is 2.95 bits per heavy atom. The molecule has 1 unspecified atom stereocenters. The lowest BCUT2D eigenvalue weighted by molar-refractivity contribution is 0.652. The summed E-state index contributed by atoms with van der Waals surface area (Å²) >= 11 is 8.31. The molecule has 20 heavy (non-hydrogen) atoms. The molecule has 2 nitrogen and oxygen atoms in total. The molecule has 0 saturated carbocycles. The zero-order valence-electron chi connectivity index (χ0n) is 11.8. The molecule has 1 aliphatic heterocycles. The molecular formula is C16H19ClN2S. The van der Waals surface area contributed by atoms with Crippen molar-refractivity contribution < 1.29 is 0 Å². The Kier molecular flexibility index (Phi) is 4.01. The van der Waals surface area contributed by atoms with Crippen LogP contribution in [-0.2, 0) is 13.0 Å². The minimum absolute atomic E-state index is 0.279. The van der Waals surface area contributed by atoms with Crippen LogP contribution in [0.1, 0.15) is 29.0 Å². The van der Waals surface area contributed by atoms with Crippen molar-refractivity contribution in [2.75, 3.05) is 18.5 Å². The number of benzene rings is 1. The molecule has 3 rings (SSSR count). The van der Waals surface area contributed by atoms with Gasteiger partial charge in [0.25, 0.3) is 0 Å². The molecule has 0 radical (unpaired) electrons. The van der Waals surface area contributed by atoms with Gasteiger partial charge >= 0.3 is 0 Å². The average Bonchev–Trinajstić information content (AvgIpc) is 2.93. The molecule has 1 aromatic carbocycles. The minimum atomic E-state index is 0.279. The number of hydrogen-bond acceptors (Lipinski definition) is 3. The number of fused-ring (bicyclic) bond motifs is 1. The zero-order chi connectivity index (χ0) is 14.1. The van der Waals surface area contributed by atoms with Gasteiger partial charge in [-0.2, -0.15) is 0 Å². The van der Waals surface area contributed by atoms with Crippen molar-refractivity contribution in [3.05, 3.63) is 50.7 Å². The van der Waals surface area contributed by atoms with Crippen molar-refractivity contribution in [2.24, 2.45) is 0 Å². The monoisotopic (exact) mass is 306 g/mol. The van der Waals surface area contributed by atoms with E-state index in [1.54, 1.807) is 0 Å². The van der Waals surface area contributed by atoms with Crippen LogP contribution in [0.5, 0.6) is 0 Å². The van der Waals surface area contributed by atoms with E-state index in [4.69, 9.17) is 11.6 Å². The fourth-order valence-corrected chi connectivity index (χ4v) is 3.92. The molecule has 4 heteroatoms. The van der Waals surface area contributed by atoms with E-state index in [2.05, 4.69) is 46.8 Å². The Bertz CT molecular complexity index is 608. The topological polar surface area (TPSA) is 15.3 Å². The van der Waals surface area contributed by atoms with Crippen LogP contribution in [0.4, 0.5) is 5.69 Å². The van der Waals surface area contributed by atoms with Gasteiger partial charge in [-0.1, -0.05) is 17.7 Å². The first-order valence-corrected chi connectivity index (χ1v) is 8.21. The van der Waals surface area contributed by atoms with Gasteiger partial charge in [-0.25, -0.2) is 0 Å². The average molecular weight is 307 g/mol. The molecule has 0 bridgehead atoms. The fourth-order valence-electron chi connectivity index (χ4n) is 2.69. The summed E-state index contributed by atoms with van der Waals surface area (Å²) < 4.78 is 0. The van der Waals surface area contributed by atoms with Crippen LogP contribution in [0.2, 0.25) is 5.02 Å². The Morgan fingerprint density at radius 2 is 2.20 bits per heavy atom. The van der Waals surface area contributed by atoms with Crippen LogP contribution in [0.15, 0.2) is 29.6 Å². The summed E-state index contributed by atoms with van der Waals surface area (Å²) in [5.41, 5.74) is 3.84.